The number of rotatable bonds is 6. The third-order valence-corrected chi connectivity index (χ3v) is 4.51. The molecule has 1 saturated heterocycles. The molecule has 0 aromatic heterocycles. The van der Waals surface area contributed by atoms with E-state index in [-0.39, 0.29) is 11.8 Å². The number of nitrogens with zero attached hydrogens (tertiary/aromatic N) is 2. The fourth-order valence-corrected chi connectivity index (χ4v) is 3.14. The van der Waals surface area contributed by atoms with Gasteiger partial charge in [-0.15, -0.1) is 0 Å². The van der Waals surface area contributed by atoms with Crippen LogP contribution in [0.2, 0.25) is 0 Å². The summed E-state index contributed by atoms with van der Waals surface area (Å²) in [7, 11) is 0. The molecule has 0 spiro atoms. The van der Waals surface area contributed by atoms with E-state index in [4.69, 9.17) is 5.11 Å². The Labute approximate surface area is 126 Å². The van der Waals surface area contributed by atoms with Gasteiger partial charge in [0.15, 0.2) is 0 Å². The molecule has 1 aliphatic carbocycles. The summed E-state index contributed by atoms with van der Waals surface area (Å²) in [4.78, 5) is 27.2. The lowest BCUT2D eigenvalue weighted by Gasteiger charge is -2.35. The van der Waals surface area contributed by atoms with Gasteiger partial charge in [0.2, 0.25) is 5.91 Å². The summed E-state index contributed by atoms with van der Waals surface area (Å²) in [6.45, 7) is 6.16. The normalized spacial score (nSPS) is 23.1. The van der Waals surface area contributed by atoms with E-state index >= 15 is 0 Å². The van der Waals surface area contributed by atoms with Crippen molar-refractivity contribution in [3.05, 3.63) is 0 Å². The van der Waals surface area contributed by atoms with Gasteiger partial charge in [0, 0.05) is 38.8 Å². The third kappa shape index (κ3) is 5.28. The van der Waals surface area contributed by atoms with Crippen molar-refractivity contribution in [1.82, 2.24) is 15.1 Å². The Kier molecular flexibility index (Phi) is 5.99. The molecule has 6 nitrogen and oxygen atoms in total. The number of hydrogen-bond acceptors (Lipinski definition) is 4. The number of piperazine rings is 1. The van der Waals surface area contributed by atoms with E-state index in [9.17, 15) is 9.59 Å². The molecule has 1 aliphatic heterocycles. The minimum Gasteiger partial charge on any atom is -0.481 e. The van der Waals surface area contributed by atoms with Crippen molar-refractivity contribution in [2.24, 2.45) is 5.92 Å². The Morgan fingerprint density at radius 2 is 1.71 bits per heavy atom. The molecule has 2 rings (SSSR count). The van der Waals surface area contributed by atoms with Crippen molar-refractivity contribution in [1.29, 1.82) is 0 Å². The van der Waals surface area contributed by atoms with Crippen LogP contribution < -0.4 is 5.32 Å². The number of carboxylic acid groups (broad SMARTS) is 1. The van der Waals surface area contributed by atoms with Crippen LogP contribution in [-0.2, 0) is 9.59 Å². The number of carbonyl (C=O) groups excluding carboxylic acids is 1. The summed E-state index contributed by atoms with van der Waals surface area (Å²) < 4.78 is 0. The summed E-state index contributed by atoms with van der Waals surface area (Å²) in [5.74, 6) is -0.940. The SMILES string of the molecule is CC(CN1CCN(CC(=O)NC2CCCC2)CC1)C(=O)O. The van der Waals surface area contributed by atoms with E-state index in [1.807, 2.05) is 0 Å². The number of amides is 1. The van der Waals surface area contributed by atoms with Crippen molar-refractivity contribution in [2.45, 2.75) is 38.6 Å². The Bertz CT molecular complexity index is 361. The largest absolute Gasteiger partial charge is 0.481 e. The molecule has 2 aliphatic rings. The Balaban J connectivity index is 1.64. The molecule has 1 amide bonds. The van der Waals surface area contributed by atoms with Gasteiger partial charge in [-0.05, 0) is 12.8 Å². The number of nitrogens with one attached hydrogen (secondary N) is 1. The maximum Gasteiger partial charge on any atom is 0.307 e. The second-order valence-corrected chi connectivity index (χ2v) is 6.36. The highest BCUT2D eigenvalue weighted by Gasteiger charge is 2.23. The van der Waals surface area contributed by atoms with E-state index in [0.29, 0.717) is 19.1 Å². The van der Waals surface area contributed by atoms with Crippen molar-refractivity contribution >= 4 is 11.9 Å². The Morgan fingerprint density at radius 3 is 2.29 bits per heavy atom. The Morgan fingerprint density at radius 1 is 1.14 bits per heavy atom. The number of carbonyl (C=O) groups is 2. The lowest BCUT2D eigenvalue weighted by molar-refractivity contribution is -0.141. The van der Waals surface area contributed by atoms with Gasteiger partial charge < -0.3 is 10.4 Å². The molecule has 6 heteroatoms. The zero-order valence-corrected chi connectivity index (χ0v) is 12.9. The summed E-state index contributed by atoms with van der Waals surface area (Å²) in [6, 6.07) is 0.384. The van der Waals surface area contributed by atoms with Gasteiger partial charge in [0.05, 0.1) is 12.5 Å². The first-order valence-electron chi connectivity index (χ1n) is 8.01. The quantitative estimate of drug-likeness (QED) is 0.742. The van der Waals surface area contributed by atoms with Crippen molar-refractivity contribution < 1.29 is 14.7 Å². The van der Waals surface area contributed by atoms with Gasteiger partial charge in [-0.2, -0.15) is 0 Å². The standard InChI is InChI=1S/C15H27N3O3/c1-12(15(20)21)10-17-6-8-18(9-7-17)11-14(19)16-13-4-2-3-5-13/h12-13H,2-11H2,1H3,(H,16,19)(H,20,21). The molecule has 1 atom stereocenters. The fraction of sp³-hybridized carbons (Fsp3) is 0.867. The molecular weight excluding hydrogens is 270 g/mol. The van der Waals surface area contributed by atoms with E-state index in [2.05, 4.69) is 15.1 Å². The van der Waals surface area contributed by atoms with Gasteiger partial charge in [-0.25, -0.2) is 0 Å². The second kappa shape index (κ2) is 7.75. The molecule has 0 radical (unpaired) electrons. The van der Waals surface area contributed by atoms with Crippen LogP contribution in [0.5, 0.6) is 0 Å². The minimum atomic E-state index is -0.742. The topological polar surface area (TPSA) is 72.9 Å². The first kappa shape index (κ1) is 16.2. The van der Waals surface area contributed by atoms with Gasteiger partial charge in [-0.3, -0.25) is 19.4 Å². The highest BCUT2D eigenvalue weighted by Crippen LogP contribution is 2.17. The van der Waals surface area contributed by atoms with Gasteiger partial charge in [0.1, 0.15) is 0 Å². The molecule has 1 unspecified atom stereocenters. The van der Waals surface area contributed by atoms with Gasteiger partial charge >= 0.3 is 5.97 Å². The second-order valence-electron chi connectivity index (χ2n) is 6.36. The number of aliphatic carboxylic acids is 1. The predicted molar refractivity (Wildman–Crippen MR) is 80.1 cm³/mol. The first-order chi connectivity index (χ1) is 10.0. The monoisotopic (exact) mass is 297 g/mol. The molecule has 120 valence electrons. The van der Waals surface area contributed by atoms with Crippen LogP contribution in [0.4, 0.5) is 0 Å². The third-order valence-electron chi connectivity index (χ3n) is 4.51. The van der Waals surface area contributed by atoms with Crippen LogP contribution in [0.15, 0.2) is 0 Å². The summed E-state index contributed by atoms with van der Waals surface area (Å²) >= 11 is 0. The van der Waals surface area contributed by atoms with Crippen molar-refractivity contribution in [3.63, 3.8) is 0 Å². The summed E-state index contributed by atoms with van der Waals surface area (Å²) in [6.07, 6.45) is 4.69. The van der Waals surface area contributed by atoms with Crippen LogP contribution >= 0.6 is 0 Å². The van der Waals surface area contributed by atoms with Gasteiger partial charge in [-0.1, -0.05) is 19.8 Å². The number of carboxylic acids is 1. The lowest BCUT2D eigenvalue weighted by atomic mass is 10.1. The molecule has 21 heavy (non-hydrogen) atoms. The molecule has 2 N–H and O–H groups in total. The van der Waals surface area contributed by atoms with Gasteiger partial charge in [0.25, 0.3) is 0 Å². The number of hydrogen-bond donors (Lipinski definition) is 2. The minimum absolute atomic E-state index is 0.134. The van der Waals surface area contributed by atoms with E-state index in [0.717, 1.165) is 39.0 Å². The molecule has 2 fully saturated rings. The van der Waals surface area contributed by atoms with Crippen LogP contribution in [0.1, 0.15) is 32.6 Å². The molecule has 1 heterocycles. The highest BCUT2D eigenvalue weighted by molar-refractivity contribution is 5.78. The van der Waals surface area contributed by atoms with Crippen molar-refractivity contribution in [3.8, 4) is 0 Å². The fourth-order valence-electron chi connectivity index (χ4n) is 3.14. The zero-order chi connectivity index (χ0) is 15.2. The van der Waals surface area contributed by atoms with Crippen LogP contribution in [0.3, 0.4) is 0 Å². The molecule has 1 saturated carbocycles. The van der Waals surface area contributed by atoms with Crippen molar-refractivity contribution in [2.75, 3.05) is 39.3 Å². The van der Waals surface area contributed by atoms with E-state index < -0.39 is 5.97 Å². The highest BCUT2D eigenvalue weighted by atomic mass is 16.4. The van der Waals surface area contributed by atoms with E-state index in [1.54, 1.807) is 6.92 Å². The molecular formula is C15H27N3O3. The van der Waals surface area contributed by atoms with Crippen LogP contribution in [0, 0.1) is 5.92 Å². The Hall–Kier alpha value is -1.14. The predicted octanol–water partition coefficient (Wildman–Crippen LogP) is 0.384. The zero-order valence-electron chi connectivity index (χ0n) is 12.9. The smallest absolute Gasteiger partial charge is 0.307 e. The lowest BCUT2D eigenvalue weighted by Crippen LogP contribution is -2.51. The molecule has 0 aromatic carbocycles. The van der Waals surface area contributed by atoms with Crippen LogP contribution in [0.25, 0.3) is 0 Å². The summed E-state index contributed by atoms with van der Waals surface area (Å²) in [5.41, 5.74) is 0. The maximum atomic E-state index is 12.0. The van der Waals surface area contributed by atoms with Crippen LogP contribution in [-0.4, -0.2) is 72.1 Å². The summed E-state index contributed by atoms with van der Waals surface area (Å²) in [5, 5.41) is 12.0. The molecule has 0 bridgehead atoms. The van der Waals surface area contributed by atoms with E-state index in [1.165, 1.54) is 12.8 Å². The molecule has 0 aromatic rings. The first-order valence-corrected chi connectivity index (χ1v) is 8.01. The maximum absolute atomic E-state index is 12.0. The average Bonchev–Trinajstić information content (AvgIpc) is 2.93. The average molecular weight is 297 g/mol.